The van der Waals surface area contributed by atoms with Crippen molar-refractivity contribution in [2.24, 2.45) is 20.0 Å². The molecule has 32 heavy (non-hydrogen) atoms. The van der Waals surface area contributed by atoms with Crippen LogP contribution in [0.2, 0.25) is 0 Å². The molecule has 2 atom stereocenters. The van der Waals surface area contributed by atoms with E-state index in [1.807, 2.05) is 37.7 Å². The minimum atomic E-state index is -0.208. The molecule has 0 aromatic carbocycles. The Morgan fingerprint density at radius 1 is 1.12 bits per heavy atom. The molecule has 9 heteroatoms. The summed E-state index contributed by atoms with van der Waals surface area (Å²) >= 11 is 0. The maximum atomic E-state index is 12.5. The molecular weight excluding hydrogens is 408 g/mol. The molecule has 9 nitrogen and oxygen atoms in total. The number of methoxy groups -OCH3 is 1. The second-order valence-corrected chi connectivity index (χ2v) is 8.15. The van der Waals surface area contributed by atoms with Gasteiger partial charge in [0.25, 0.3) is 5.56 Å². The molecule has 0 bridgehead atoms. The highest BCUT2D eigenvalue weighted by molar-refractivity contribution is 5.44. The van der Waals surface area contributed by atoms with Gasteiger partial charge in [0, 0.05) is 49.6 Å². The van der Waals surface area contributed by atoms with Crippen molar-refractivity contribution in [3.05, 3.63) is 57.4 Å². The highest BCUT2D eigenvalue weighted by Gasteiger charge is 2.18. The number of pyridine rings is 1. The lowest BCUT2D eigenvalue weighted by Crippen LogP contribution is -2.25. The SMILES string of the molecule is COc1ccc([C@@H](C)C(C)COc2cc(NCc3c(C)nn(C)c3C)c(=O)n(C)n2)nc1. The van der Waals surface area contributed by atoms with Gasteiger partial charge in [-0.2, -0.15) is 5.10 Å². The van der Waals surface area contributed by atoms with Gasteiger partial charge >= 0.3 is 0 Å². The summed E-state index contributed by atoms with van der Waals surface area (Å²) in [6, 6.07) is 5.53. The third kappa shape index (κ3) is 5.09. The van der Waals surface area contributed by atoms with Crippen LogP contribution < -0.4 is 20.3 Å². The number of rotatable bonds is 9. The number of nitrogens with one attached hydrogen (secondary N) is 1. The summed E-state index contributed by atoms with van der Waals surface area (Å²) < 4.78 is 14.3. The molecule has 0 aliphatic heterocycles. The second kappa shape index (κ2) is 9.84. The van der Waals surface area contributed by atoms with Crippen LogP contribution in [0.1, 0.15) is 42.4 Å². The van der Waals surface area contributed by atoms with E-state index in [2.05, 4.69) is 34.3 Å². The van der Waals surface area contributed by atoms with Crippen LogP contribution >= 0.6 is 0 Å². The normalized spacial score (nSPS) is 13.0. The van der Waals surface area contributed by atoms with Crippen molar-refractivity contribution >= 4 is 5.69 Å². The number of ether oxygens (including phenoxy) is 2. The fourth-order valence-electron chi connectivity index (χ4n) is 3.47. The van der Waals surface area contributed by atoms with Crippen molar-refractivity contribution < 1.29 is 9.47 Å². The molecule has 0 saturated heterocycles. The van der Waals surface area contributed by atoms with Crippen LogP contribution in [-0.2, 0) is 20.6 Å². The second-order valence-electron chi connectivity index (χ2n) is 8.15. The minimum Gasteiger partial charge on any atom is -0.495 e. The summed E-state index contributed by atoms with van der Waals surface area (Å²) in [7, 11) is 5.15. The average Bonchev–Trinajstić information content (AvgIpc) is 3.03. The molecule has 0 aliphatic carbocycles. The van der Waals surface area contributed by atoms with E-state index in [1.165, 1.54) is 4.68 Å². The molecule has 1 unspecified atom stereocenters. The molecule has 3 heterocycles. The number of hydrogen-bond acceptors (Lipinski definition) is 7. The Balaban J connectivity index is 1.67. The quantitative estimate of drug-likeness (QED) is 0.546. The topological polar surface area (TPSA) is 96.1 Å². The van der Waals surface area contributed by atoms with Gasteiger partial charge in [0.2, 0.25) is 5.88 Å². The zero-order valence-electron chi connectivity index (χ0n) is 19.8. The lowest BCUT2D eigenvalue weighted by atomic mass is 9.93. The van der Waals surface area contributed by atoms with E-state index in [0.717, 1.165) is 28.4 Å². The number of anilines is 1. The Morgan fingerprint density at radius 2 is 1.88 bits per heavy atom. The lowest BCUT2D eigenvalue weighted by Gasteiger charge is -2.20. The molecule has 3 aromatic heterocycles. The van der Waals surface area contributed by atoms with E-state index in [0.29, 0.717) is 24.7 Å². The molecular formula is C23H32N6O3. The van der Waals surface area contributed by atoms with Crippen LogP contribution in [0.5, 0.6) is 11.6 Å². The van der Waals surface area contributed by atoms with E-state index in [4.69, 9.17) is 9.47 Å². The average molecular weight is 441 g/mol. The predicted octanol–water partition coefficient (Wildman–Crippen LogP) is 2.96. The van der Waals surface area contributed by atoms with Crippen molar-refractivity contribution in [3.8, 4) is 11.6 Å². The Hall–Kier alpha value is -3.36. The van der Waals surface area contributed by atoms with Gasteiger partial charge in [-0.25, -0.2) is 4.68 Å². The van der Waals surface area contributed by atoms with Gasteiger partial charge < -0.3 is 14.8 Å². The first-order chi connectivity index (χ1) is 15.2. The van der Waals surface area contributed by atoms with Crippen molar-refractivity contribution in [1.82, 2.24) is 24.5 Å². The van der Waals surface area contributed by atoms with E-state index in [9.17, 15) is 4.79 Å². The van der Waals surface area contributed by atoms with Gasteiger partial charge in [-0.3, -0.25) is 14.5 Å². The summed E-state index contributed by atoms with van der Waals surface area (Å²) in [4.78, 5) is 17.0. The molecule has 0 saturated carbocycles. The Labute approximate surface area is 188 Å². The highest BCUT2D eigenvalue weighted by atomic mass is 16.5. The van der Waals surface area contributed by atoms with Gasteiger partial charge in [0.1, 0.15) is 11.4 Å². The van der Waals surface area contributed by atoms with Crippen molar-refractivity contribution in [2.75, 3.05) is 19.0 Å². The van der Waals surface area contributed by atoms with Crippen molar-refractivity contribution in [3.63, 3.8) is 0 Å². The lowest BCUT2D eigenvalue weighted by molar-refractivity contribution is 0.228. The first-order valence-electron chi connectivity index (χ1n) is 10.6. The van der Waals surface area contributed by atoms with Crippen LogP contribution in [0.25, 0.3) is 0 Å². The van der Waals surface area contributed by atoms with E-state index in [1.54, 1.807) is 26.4 Å². The van der Waals surface area contributed by atoms with Crippen molar-refractivity contribution in [2.45, 2.75) is 40.2 Å². The predicted molar refractivity (Wildman–Crippen MR) is 123 cm³/mol. The summed E-state index contributed by atoms with van der Waals surface area (Å²) in [6.45, 7) is 9.13. The van der Waals surface area contributed by atoms with Crippen LogP contribution in [-0.4, -0.2) is 38.3 Å². The van der Waals surface area contributed by atoms with Crippen LogP contribution in [0.4, 0.5) is 5.69 Å². The number of aryl methyl sites for hydroxylation is 3. The highest BCUT2D eigenvalue weighted by Crippen LogP contribution is 2.24. The van der Waals surface area contributed by atoms with Gasteiger partial charge in [-0.15, -0.1) is 5.10 Å². The minimum absolute atomic E-state index is 0.183. The summed E-state index contributed by atoms with van der Waals surface area (Å²) in [5.74, 6) is 1.50. The van der Waals surface area contributed by atoms with Gasteiger partial charge in [0.05, 0.1) is 25.6 Å². The Bertz CT molecular complexity index is 1120. The number of nitrogens with zero attached hydrogens (tertiary/aromatic N) is 5. The third-order valence-electron chi connectivity index (χ3n) is 5.96. The molecule has 0 spiro atoms. The van der Waals surface area contributed by atoms with Crippen LogP contribution in [0.3, 0.4) is 0 Å². The first-order valence-corrected chi connectivity index (χ1v) is 10.6. The van der Waals surface area contributed by atoms with Gasteiger partial charge in [-0.05, 0) is 31.9 Å². The fraction of sp³-hybridized carbons (Fsp3) is 0.478. The van der Waals surface area contributed by atoms with Crippen molar-refractivity contribution in [1.29, 1.82) is 0 Å². The fourth-order valence-corrected chi connectivity index (χ4v) is 3.47. The molecule has 0 amide bonds. The van der Waals surface area contributed by atoms with Crippen LogP contribution in [0.15, 0.2) is 29.2 Å². The molecule has 0 fully saturated rings. The molecule has 172 valence electrons. The largest absolute Gasteiger partial charge is 0.495 e. The van der Waals surface area contributed by atoms with E-state index >= 15 is 0 Å². The van der Waals surface area contributed by atoms with Crippen LogP contribution in [0, 0.1) is 19.8 Å². The summed E-state index contributed by atoms with van der Waals surface area (Å²) in [5, 5.41) is 11.9. The van der Waals surface area contributed by atoms with E-state index < -0.39 is 0 Å². The zero-order valence-corrected chi connectivity index (χ0v) is 19.8. The standard InChI is InChI=1S/C23H32N6O3/c1-14(15(2)20-9-8-18(31-7)11-24-20)13-32-22-10-21(23(30)29(6)27-22)25-12-19-16(3)26-28(5)17(19)4/h8-11,14-15,25H,12-13H2,1-7H3/t14?,15-/m0/s1. The maximum Gasteiger partial charge on any atom is 0.290 e. The first kappa shape index (κ1) is 23.3. The molecule has 3 aromatic rings. The molecule has 0 aliphatic rings. The maximum absolute atomic E-state index is 12.5. The smallest absolute Gasteiger partial charge is 0.290 e. The summed E-state index contributed by atoms with van der Waals surface area (Å²) in [6.07, 6.45) is 1.72. The Morgan fingerprint density at radius 3 is 2.47 bits per heavy atom. The third-order valence-corrected chi connectivity index (χ3v) is 5.96. The number of hydrogen-bond donors (Lipinski definition) is 1. The molecule has 1 N–H and O–H groups in total. The Kier molecular flexibility index (Phi) is 7.17. The zero-order chi connectivity index (χ0) is 23.4. The van der Waals surface area contributed by atoms with Gasteiger partial charge in [-0.1, -0.05) is 13.8 Å². The monoisotopic (exact) mass is 440 g/mol. The summed E-state index contributed by atoms with van der Waals surface area (Å²) in [5.41, 5.74) is 4.28. The van der Waals surface area contributed by atoms with Gasteiger partial charge in [0.15, 0.2) is 0 Å². The van der Waals surface area contributed by atoms with E-state index in [-0.39, 0.29) is 17.4 Å². The molecule has 0 radical (unpaired) electrons. The molecule has 3 rings (SSSR count). The number of aromatic nitrogens is 5.